The van der Waals surface area contributed by atoms with Gasteiger partial charge in [-0.05, 0) is 36.8 Å². The number of amides is 2. The van der Waals surface area contributed by atoms with E-state index in [2.05, 4.69) is 4.98 Å². The van der Waals surface area contributed by atoms with Crippen LogP contribution in [0.3, 0.4) is 0 Å². The van der Waals surface area contributed by atoms with E-state index in [1.807, 2.05) is 0 Å². The number of ether oxygens (including phenoxy) is 2. The van der Waals surface area contributed by atoms with Crippen LogP contribution in [-0.2, 0) is 11.3 Å². The van der Waals surface area contributed by atoms with Crippen molar-refractivity contribution in [1.29, 1.82) is 0 Å². The molecular formula is C22H22N4O6S. The van der Waals surface area contributed by atoms with Crippen molar-refractivity contribution in [2.45, 2.75) is 19.4 Å². The van der Waals surface area contributed by atoms with Crippen LogP contribution in [-0.4, -0.2) is 64.1 Å². The fourth-order valence-corrected chi connectivity index (χ4v) is 4.39. The summed E-state index contributed by atoms with van der Waals surface area (Å²) in [5.41, 5.74) is 0.355. The van der Waals surface area contributed by atoms with Gasteiger partial charge in [0.1, 0.15) is 0 Å². The molecule has 2 aromatic heterocycles. The molecule has 3 aromatic rings. The van der Waals surface area contributed by atoms with Crippen LogP contribution in [0.25, 0.3) is 10.9 Å². The Bertz CT molecular complexity index is 1320. The Morgan fingerprint density at radius 1 is 1.06 bits per heavy atom. The highest BCUT2D eigenvalue weighted by Gasteiger charge is 2.26. The summed E-state index contributed by atoms with van der Waals surface area (Å²) in [7, 11) is 0. The van der Waals surface area contributed by atoms with Crippen molar-refractivity contribution >= 4 is 34.9 Å². The Morgan fingerprint density at radius 2 is 1.79 bits per heavy atom. The highest BCUT2D eigenvalue weighted by Crippen LogP contribution is 2.34. The van der Waals surface area contributed by atoms with E-state index >= 15 is 0 Å². The van der Waals surface area contributed by atoms with Crippen LogP contribution in [0.5, 0.6) is 11.5 Å². The number of H-pyrrole nitrogens is 1. The van der Waals surface area contributed by atoms with E-state index in [9.17, 15) is 14.4 Å². The first-order valence-corrected chi connectivity index (χ1v) is 11.1. The number of hydrogen-bond acceptors (Lipinski definition) is 7. The van der Waals surface area contributed by atoms with Gasteiger partial charge < -0.3 is 28.7 Å². The maximum Gasteiger partial charge on any atom is 0.289 e. The van der Waals surface area contributed by atoms with Gasteiger partial charge >= 0.3 is 0 Å². The van der Waals surface area contributed by atoms with Crippen LogP contribution in [0.15, 0.2) is 39.7 Å². The van der Waals surface area contributed by atoms with Crippen molar-refractivity contribution in [3.63, 3.8) is 0 Å². The van der Waals surface area contributed by atoms with Crippen molar-refractivity contribution in [3.05, 3.63) is 51.4 Å². The van der Waals surface area contributed by atoms with E-state index in [4.69, 9.17) is 26.1 Å². The molecular weight excluding hydrogens is 448 g/mol. The Morgan fingerprint density at radius 3 is 2.52 bits per heavy atom. The van der Waals surface area contributed by atoms with Crippen molar-refractivity contribution in [2.24, 2.45) is 0 Å². The summed E-state index contributed by atoms with van der Waals surface area (Å²) in [6, 6.07) is 6.66. The minimum atomic E-state index is -0.232. The summed E-state index contributed by atoms with van der Waals surface area (Å²) in [6.45, 7) is 2.28. The number of carbonyl (C=O) groups is 2. The first-order valence-electron chi connectivity index (χ1n) is 10.7. The molecule has 1 fully saturated rings. The second-order valence-electron chi connectivity index (χ2n) is 7.89. The summed E-state index contributed by atoms with van der Waals surface area (Å²) in [5, 5.41) is 0.455. The van der Waals surface area contributed by atoms with Gasteiger partial charge in [-0.2, -0.15) is 0 Å². The zero-order chi connectivity index (χ0) is 22.9. The van der Waals surface area contributed by atoms with Crippen LogP contribution in [0.1, 0.15) is 23.4 Å². The molecule has 1 saturated heterocycles. The molecule has 0 bridgehead atoms. The van der Waals surface area contributed by atoms with Gasteiger partial charge in [0, 0.05) is 45.2 Å². The van der Waals surface area contributed by atoms with Crippen LogP contribution in [0.4, 0.5) is 0 Å². The molecule has 172 valence electrons. The predicted molar refractivity (Wildman–Crippen MR) is 120 cm³/mol. The number of piperazine rings is 1. The van der Waals surface area contributed by atoms with E-state index in [1.165, 1.54) is 10.8 Å². The van der Waals surface area contributed by atoms with E-state index in [0.717, 1.165) is 0 Å². The van der Waals surface area contributed by atoms with Gasteiger partial charge in [0.05, 0.1) is 17.2 Å². The van der Waals surface area contributed by atoms with Gasteiger partial charge in [-0.15, -0.1) is 0 Å². The number of hydrogen-bond donors (Lipinski definition) is 1. The van der Waals surface area contributed by atoms with Crippen molar-refractivity contribution in [3.8, 4) is 11.5 Å². The average molecular weight is 471 g/mol. The fraction of sp³-hybridized carbons (Fsp3) is 0.364. The Labute approximate surface area is 193 Å². The second kappa shape index (κ2) is 8.74. The minimum Gasteiger partial charge on any atom is -0.459 e. The Balaban J connectivity index is 1.18. The highest BCUT2D eigenvalue weighted by atomic mass is 32.1. The van der Waals surface area contributed by atoms with E-state index in [0.29, 0.717) is 72.1 Å². The Kier molecular flexibility index (Phi) is 5.63. The zero-order valence-electron chi connectivity index (χ0n) is 17.7. The van der Waals surface area contributed by atoms with Gasteiger partial charge in [-0.25, -0.2) is 0 Å². The molecule has 4 heterocycles. The lowest BCUT2D eigenvalue weighted by Gasteiger charge is -2.34. The molecule has 0 atom stereocenters. The maximum absolute atomic E-state index is 13.0. The smallest absolute Gasteiger partial charge is 0.289 e. The highest BCUT2D eigenvalue weighted by molar-refractivity contribution is 7.71. The number of furan rings is 1. The quantitative estimate of drug-likeness (QED) is 0.569. The number of fused-ring (bicyclic) bond motifs is 2. The SMILES string of the molecule is O=C(CCCn1c(=S)[nH]c2cc3c(cc2c1=O)OCO3)N1CCN(C(=O)c2ccco2)CC1. The first kappa shape index (κ1) is 21.3. The second-order valence-corrected chi connectivity index (χ2v) is 8.28. The van der Waals surface area contributed by atoms with E-state index in [1.54, 1.807) is 34.1 Å². The molecule has 0 saturated carbocycles. The molecule has 1 aromatic carbocycles. The van der Waals surface area contributed by atoms with Gasteiger partial charge in [-0.3, -0.25) is 19.0 Å². The van der Waals surface area contributed by atoms with Gasteiger partial charge in [0.25, 0.3) is 11.5 Å². The monoisotopic (exact) mass is 470 g/mol. The van der Waals surface area contributed by atoms with E-state index < -0.39 is 0 Å². The number of aromatic nitrogens is 2. The van der Waals surface area contributed by atoms with Crippen LogP contribution in [0, 0.1) is 4.77 Å². The lowest BCUT2D eigenvalue weighted by Crippen LogP contribution is -2.50. The molecule has 1 N–H and O–H groups in total. The summed E-state index contributed by atoms with van der Waals surface area (Å²) < 4.78 is 17.6. The van der Waals surface area contributed by atoms with Crippen LogP contribution >= 0.6 is 12.2 Å². The number of nitrogens with zero attached hydrogens (tertiary/aromatic N) is 3. The van der Waals surface area contributed by atoms with Crippen LogP contribution in [0.2, 0.25) is 0 Å². The molecule has 11 heteroatoms. The number of aromatic amines is 1. The molecule has 0 unspecified atom stereocenters. The first-order chi connectivity index (χ1) is 16.0. The van der Waals surface area contributed by atoms with Crippen molar-refractivity contribution in [2.75, 3.05) is 33.0 Å². The summed E-state index contributed by atoms with van der Waals surface area (Å²) in [4.78, 5) is 44.5. The molecule has 2 aliphatic heterocycles. The number of benzene rings is 1. The molecule has 10 nitrogen and oxygen atoms in total. The molecule has 0 spiro atoms. The molecule has 33 heavy (non-hydrogen) atoms. The van der Waals surface area contributed by atoms with E-state index in [-0.39, 0.29) is 30.6 Å². The number of nitrogens with one attached hydrogen (secondary N) is 1. The molecule has 2 aliphatic rings. The predicted octanol–water partition coefficient (Wildman–Crippen LogP) is 2.15. The fourth-order valence-electron chi connectivity index (χ4n) is 4.11. The lowest BCUT2D eigenvalue weighted by atomic mass is 10.2. The van der Waals surface area contributed by atoms with Crippen molar-refractivity contribution < 1.29 is 23.5 Å². The standard InChI is InChI=1S/C22H22N4O6S/c27-19(24-6-8-25(9-7-24)21(29)16-3-2-10-30-16)4-1-5-26-20(28)14-11-17-18(32-13-31-17)12-15(14)23-22(26)33/h2-3,10-12H,1,4-9,13H2,(H,23,33). The molecule has 0 radical (unpaired) electrons. The van der Waals surface area contributed by atoms with Gasteiger partial charge in [-0.1, -0.05) is 0 Å². The minimum absolute atomic E-state index is 0.00722. The molecule has 5 rings (SSSR count). The molecule has 0 aliphatic carbocycles. The topological polar surface area (TPSA) is 110 Å². The van der Waals surface area contributed by atoms with Crippen molar-refractivity contribution in [1.82, 2.24) is 19.4 Å². The largest absolute Gasteiger partial charge is 0.459 e. The third-order valence-electron chi connectivity index (χ3n) is 5.90. The maximum atomic E-state index is 13.0. The Hall–Kier alpha value is -3.60. The number of rotatable bonds is 5. The number of carbonyl (C=O) groups excluding carboxylic acids is 2. The lowest BCUT2D eigenvalue weighted by molar-refractivity contribution is -0.132. The van der Waals surface area contributed by atoms with Gasteiger partial charge in [0.2, 0.25) is 12.7 Å². The van der Waals surface area contributed by atoms with Crippen LogP contribution < -0.4 is 15.0 Å². The average Bonchev–Trinajstić information content (AvgIpc) is 3.51. The summed E-state index contributed by atoms with van der Waals surface area (Å²) in [5.74, 6) is 1.22. The summed E-state index contributed by atoms with van der Waals surface area (Å²) in [6.07, 6.45) is 2.22. The summed E-state index contributed by atoms with van der Waals surface area (Å²) >= 11 is 5.37. The normalized spacial score (nSPS) is 15.3. The van der Waals surface area contributed by atoms with Gasteiger partial charge in [0.15, 0.2) is 22.0 Å². The molecule has 2 amide bonds. The zero-order valence-corrected chi connectivity index (χ0v) is 18.6. The third kappa shape index (κ3) is 4.11. The third-order valence-corrected chi connectivity index (χ3v) is 6.22.